The van der Waals surface area contributed by atoms with Crippen molar-refractivity contribution in [3.05, 3.63) is 12.7 Å². The summed E-state index contributed by atoms with van der Waals surface area (Å²) in [7, 11) is 0. The van der Waals surface area contributed by atoms with Crippen molar-refractivity contribution >= 4 is 5.97 Å². The molecule has 0 rings (SSSR count). The molecule has 42 heavy (non-hydrogen) atoms. The van der Waals surface area contributed by atoms with Gasteiger partial charge in [0, 0.05) is 12.7 Å². The third-order valence-corrected chi connectivity index (χ3v) is 8.42. The molecule has 0 aromatic heterocycles. The van der Waals surface area contributed by atoms with Gasteiger partial charge in [-0.1, -0.05) is 213 Å². The first-order chi connectivity index (χ1) is 20.7. The van der Waals surface area contributed by atoms with E-state index in [1.165, 1.54) is 199 Å². The number of carbonyl (C=O) groups is 1. The van der Waals surface area contributed by atoms with Crippen LogP contribution in [0.2, 0.25) is 0 Å². The minimum absolute atomic E-state index is 0.303. The number of rotatable bonds is 34. The molecule has 0 aliphatic rings. The summed E-state index contributed by atoms with van der Waals surface area (Å²) in [6.45, 7) is 8.84. The summed E-state index contributed by atoms with van der Waals surface area (Å²) in [4.78, 5) is 10.8. The van der Waals surface area contributed by atoms with E-state index in [2.05, 4.69) is 20.4 Å². The lowest BCUT2D eigenvalue weighted by molar-refractivity contribution is -0.137. The molecule has 3 heteroatoms. The molecule has 0 saturated carbocycles. The number of ether oxygens (including phenoxy) is 1. The van der Waals surface area contributed by atoms with Crippen LogP contribution in [0, 0.1) is 0 Å². The lowest BCUT2D eigenvalue weighted by Gasteiger charge is -2.03. The minimum Gasteiger partial charge on any atom is -0.463 e. The Hall–Kier alpha value is -0.830. The lowest BCUT2D eigenvalue weighted by atomic mass is 10.0. The van der Waals surface area contributed by atoms with Crippen molar-refractivity contribution in [2.45, 2.75) is 219 Å². The Labute approximate surface area is 265 Å². The molecule has 0 heterocycles. The lowest BCUT2D eigenvalue weighted by Crippen LogP contribution is -2.01. The highest BCUT2D eigenvalue weighted by Gasteiger charge is 1.97. The molecule has 0 aromatic carbocycles. The highest BCUT2D eigenvalue weighted by atomic mass is 16.5. The van der Waals surface area contributed by atoms with E-state index in [4.69, 9.17) is 9.84 Å². The number of aliphatic hydroxyl groups excluding tert-OH is 1. The predicted octanol–water partition coefficient (Wildman–Crippen LogP) is 13.2. The Morgan fingerprint density at radius 3 is 0.929 bits per heavy atom. The van der Waals surface area contributed by atoms with Crippen molar-refractivity contribution in [1.82, 2.24) is 0 Å². The van der Waals surface area contributed by atoms with Crippen LogP contribution in [-0.2, 0) is 9.53 Å². The average Bonchev–Trinajstić information content (AvgIpc) is 3.00. The van der Waals surface area contributed by atoms with Crippen molar-refractivity contribution < 1.29 is 14.6 Å². The van der Waals surface area contributed by atoms with Gasteiger partial charge in [-0.2, -0.15) is 0 Å². The van der Waals surface area contributed by atoms with Crippen LogP contribution in [0.25, 0.3) is 0 Å². The number of esters is 1. The number of unbranched alkanes of at least 4 members (excludes halogenated alkanes) is 30. The molecule has 1 N–H and O–H groups in total. The molecule has 0 bridgehead atoms. The Morgan fingerprint density at radius 1 is 0.452 bits per heavy atom. The van der Waals surface area contributed by atoms with Crippen LogP contribution in [0.1, 0.15) is 219 Å². The first-order valence-electron chi connectivity index (χ1n) is 19.1. The molecule has 0 unspecified atom stereocenters. The molecule has 0 radical (unpaired) electrons. The fourth-order valence-electron chi connectivity index (χ4n) is 5.54. The van der Waals surface area contributed by atoms with Crippen LogP contribution in [0.4, 0.5) is 0 Å². The minimum atomic E-state index is -0.303. The zero-order valence-electron chi connectivity index (χ0n) is 29.1. The molecule has 3 nitrogen and oxygen atoms in total. The molecular formula is C39H78O3. The smallest absolute Gasteiger partial charge is 0.330 e. The molecule has 252 valence electrons. The molecule has 0 aliphatic heterocycles. The van der Waals surface area contributed by atoms with Crippen molar-refractivity contribution in [2.75, 3.05) is 13.2 Å². The van der Waals surface area contributed by atoms with E-state index < -0.39 is 0 Å². The van der Waals surface area contributed by atoms with Gasteiger partial charge in [-0.15, -0.1) is 0 Å². The third-order valence-electron chi connectivity index (χ3n) is 8.42. The molecule has 0 atom stereocenters. The maximum absolute atomic E-state index is 10.8. The van der Waals surface area contributed by atoms with Gasteiger partial charge in [0.25, 0.3) is 0 Å². The zero-order valence-corrected chi connectivity index (χ0v) is 29.1. The standard InChI is InChI=1S/C22H46O.C17H32O2/c1-2-3-4-5-6-7-8-9-10-11-12-13-14-15-16-17-18-19-20-21-22-23;1-3-5-6-7-8-9-10-11-12-13-14-15-16-19-17(18)4-2/h23H,2-22H2,1H3;4H,2-3,5-16H2,1H3. The average molecular weight is 595 g/mol. The van der Waals surface area contributed by atoms with Crippen molar-refractivity contribution in [2.24, 2.45) is 0 Å². The highest BCUT2D eigenvalue weighted by Crippen LogP contribution is 2.15. The summed E-state index contributed by atoms with van der Waals surface area (Å²) in [6, 6.07) is 0. The van der Waals surface area contributed by atoms with Crippen LogP contribution in [0.3, 0.4) is 0 Å². The van der Waals surface area contributed by atoms with Crippen LogP contribution < -0.4 is 0 Å². The maximum atomic E-state index is 10.8. The fourth-order valence-corrected chi connectivity index (χ4v) is 5.54. The van der Waals surface area contributed by atoms with E-state index >= 15 is 0 Å². The third kappa shape index (κ3) is 43.6. The van der Waals surface area contributed by atoms with E-state index in [1.807, 2.05) is 0 Å². The SMILES string of the molecule is C=CC(=O)OCCCCCCCCCCCCCC.CCCCCCCCCCCCCCCCCCCCCCO. The molecule has 0 amide bonds. The van der Waals surface area contributed by atoms with Crippen molar-refractivity contribution in [3.8, 4) is 0 Å². The quantitative estimate of drug-likeness (QED) is 0.0458. The molecule has 0 fully saturated rings. The van der Waals surface area contributed by atoms with Crippen LogP contribution >= 0.6 is 0 Å². The summed E-state index contributed by atoms with van der Waals surface area (Å²) < 4.78 is 4.93. The van der Waals surface area contributed by atoms with Gasteiger partial charge < -0.3 is 9.84 Å². The van der Waals surface area contributed by atoms with E-state index in [0.29, 0.717) is 13.2 Å². The summed E-state index contributed by atoms with van der Waals surface area (Å²) in [5, 5.41) is 8.71. The normalized spacial score (nSPS) is 10.8. The summed E-state index contributed by atoms with van der Waals surface area (Å²) in [5.41, 5.74) is 0. The second-order valence-corrected chi connectivity index (χ2v) is 12.7. The van der Waals surface area contributed by atoms with Crippen LogP contribution in [0.15, 0.2) is 12.7 Å². The van der Waals surface area contributed by atoms with Gasteiger partial charge >= 0.3 is 5.97 Å². The first kappa shape index (κ1) is 43.3. The van der Waals surface area contributed by atoms with Gasteiger partial charge in [-0.3, -0.25) is 0 Å². The van der Waals surface area contributed by atoms with Gasteiger partial charge in [0.2, 0.25) is 0 Å². The van der Waals surface area contributed by atoms with Gasteiger partial charge in [-0.05, 0) is 12.8 Å². The van der Waals surface area contributed by atoms with E-state index in [9.17, 15) is 4.79 Å². The predicted molar refractivity (Wildman–Crippen MR) is 187 cm³/mol. The molecular weight excluding hydrogens is 516 g/mol. The largest absolute Gasteiger partial charge is 0.463 e. The summed E-state index contributed by atoms with van der Waals surface area (Å²) >= 11 is 0. The molecule has 0 aliphatic carbocycles. The zero-order chi connectivity index (χ0) is 31.0. The van der Waals surface area contributed by atoms with Gasteiger partial charge in [-0.25, -0.2) is 4.79 Å². The number of hydrogen-bond acceptors (Lipinski definition) is 3. The second kappa shape index (κ2) is 42.3. The van der Waals surface area contributed by atoms with Crippen LogP contribution in [0.5, 0.6) is 0 Å². The topological polar surface area (TPSA) is 46.5 Å². The summed E-state index contributed by atoms with van der Waals surface area (Å²) in [6.07, 6.45) is 45.2. The van der Waals surface area contributed by atoms with Crippen molar-refractivity contribution in [1.29, 1.82) is 0 Å². The molecule has 0 spiro atoms. The fraction of sp³-hybridized carbons (Fsp3) is 0.923. The monoisotopic (exact) mass is 595 g/mol. The van der Waals surface area contributed by atoms with E-state index in [1.54, 1.807) is 0 Å². The summed E-state index contributed by atoms with van der Waals surface area (Å²) in [5.74, 6) is -0.303. The van der Waals surface area contributed by atoms with E-state index in [0.717, 1.165) is 12.8 Å². The first-order valence-corrected chi connectivity index (χ1v) is 19.1. The van der Waals surface area contributed by atoms with Gasteiger partial charge in [0.1, 0.15) is 0 Å². The highest BCUT2D eigenvalue weighted by molar-refractivity contribution is 5.81. The molecule has 0 aromatic rings. The number of aliphatic hydroxyl groups is 1. The Kier molecular flexibility index (Phi) is 43.6. The molecule has 0 saturated heterocycles. The Balaban J connectivity index is 0. The van der Waals surface area contributed by atoms with Gasteiger partial charge in [0.15, 0.2) is 0 Å². The maximum Gasteiger partial charge on any atom is 0.330 e. The number of hydrogen-bond donors (Lipinski definition) is 1. The second-order valence-electron chi connectivity index (χ2n) is 12.7. The van der Waals surface area contributed by atoms with E-state index in [-0.39, 0.29) is 5.97 Å². The Bertz CT molecular complexity index is 470. The Morgan fingerprint density at radius 2 is 0.690 bits per heavy atom. The van der Waals surface area contributed by atoms with Crippen molar-refractivity contribution in [3.63, 3.8) is 0 Å². The van der Waals surface area contributed by atoms with Gasteiger partial charge in [0.05, 0.1) is 6.61 Å². The van der Waals surface area contributed by atoms with Crippen LogP contribution in [-0.4, -0.2) is 24.3 Å². The number of carbonyl (C=O) groups excluding carboxylic acids is 1.